The molecule has 0 aliphatic carbocycles. The van der Waals surface area contributed by atoms with Crippen molar-refractivity contribution in [3.05, 3.63) is 17.8 Å². The second-order valence-corrected chi connectivity index (χ2v) is 2.93. The lowest BCUT2D eigenvalue weighted by molar-refractivity contribution is 0.190. The molecule has 4 heteroatoms. The lowest BCUT2D eigenvalue weighted by atomic mass is 10.1. The molecule has 0 aromatic carbocycles. The van der Waals surface area contributed by atoms with E-state index in [1.54, 1.807) is 6.20 Å². The minimum Gasteiger partial charge on any atom is -0.444 e. The second kappa shape index (κ2) is 3.25. The molecule has 12 heavy (non-hydrogen) atoms. The summed E-state index contributed by atoms with van der Waals surface area (Å²) in [7, 11) is 0. The van der Waals surface area contributed by atoms with E-state index in [4.69, 9.17) is 14.9 Å². The summed E-state index contributed by atoms with van der Waals surface area (Å²) in [4.78, 5) is 4.14. The van der Waals surface area contributed by atoms with Gasteiger partial charge in [-0.2, -0.15) is 0 Å². The van der Waals surface area contributed by atoms with E-state index >= 15 is 0 Å². The number of hydrogen-bond donors (Lipinski definition) is 1. The predicted octanol–water partition coefficient (Wildman–Crippen LogP) is 0.637. The Kier molecular flexibility index (Phi) is 2.10. The Labute approximate surface area is 70.7 Å². The lowest BCUT2D eigenvalue weighted by Gasteiger charge is -1.99. The third-order valence-electron chi connectivity index (χ3n) is 2.05. The number of nitrogens with zero attached hydrogens (tertiary/aromatic N) is 1. The minimum absolute atomic E-state index is 0.338. The molecule has 2 heterocycles. The zero-order valence-electron chi connectivity index (χ0n) is 6.82. The van der Waals surface area contributed by atoms with Gasteiger partial charge >= 0.3 is 0 Å². The van der Waals surface area contributed by atoms with Crippen molar-refractivity contribution in [1.29, 1.82) is 0 Å². The van der Waals surface area contributed by atoms with Gasteiger partial charge in [0, 0.05) is 6.61 Å². The fourth-order valence-electron chi connectivity index (χ4n) is 1.34. The molecule has 2 rings (SSSR count). The molecule has 0 spiro atoms. The fraction of sp³-hybridized carbons (Fsp3) is 0.625. The SMILES string of the molecule is NCc1cnc(C2CCOC2)o1. The molecule has 0 saturated carbocycles. The molecule has 1 fully saturated rings. The first kappa shape index (κ1) is 7.76. The van der Waals surface area contributed by atoms with Crippen LogP contribution < -0.4 is 5.73 Å². The van der Waals surface area contributed by atoms with Gasteiger partial charge in [-0.05, 0) is 6.42 Å². The van der Waals surface area contributed by atoms with Crippen LogP contribution in [-0.4, -0.2) is 18.2 Å². The Hall–Kier alpha value is -0.870. The van der Waals surface area contributed by atoms with Gasteiger partial charge in [0.05, 0.1) is 25.3 Å². The third kappa shape index (κ3) is 1.35. The number of ether oxygens (including phenoxy) is 1. The molecule has 1 saturated heterocycles. The second-order valence-electron chi connectivity index (χ2n) is 2.93. The van der Waals surface area contributed by atoms with E-state index in [9.17, 15) is 0 Å². The third-order valence-corrected chi connectivity index (χ3v) is 2.05. The van der Waals surface area contributed by atoms with Crippen LogP contribution >= 0.6 is 0 Å². The highest BCUT2D eigenvalue weighted by Crippen LogP contribution is 2.24. The van der Waals surface area contributed by atoms with Crippen LogP contribution in [0.15, 0.2) is 10.6 Å². The molecule has 0 amide bonds. The van der Waals surface area contributed by atoms with Crippen LogP contribution in [0.5, 0.6) is 0 Å². The smallest absolute Gasteiger partial charge is 0.199 e. The first-order valence-electron chi connectivity index (χ1n) is 4.12. The molecule has 0 radical (unpaired) electrons. The normalized spacial score (nSPS) is 23.2. The van der Waals surface area contributed by atoms with Crippen LogP contribution in [-0.2, 0) is 11.3 Å². The Morgan fingerprint density at radius 1 is 1.67 bits per heavy atom. The van der Waals surface area contributed by atoms with Gasteiger partial charge in [-0.3, -0.25) is 0 Å². The van der Waals surface area contributed by atoms with Crippen molar-refractivity contribution in [3.63, 3.8) is 0 Å². The molecule has 1 aliphatic heterocycles. The lowest BCUT2D eigenvalue weighted by Crippen LogP contribution is -1.97. The standard InChI is InChI=1S/C8H12N2O2/c9-3-7-4-10-8(12-7)6-1-2-11-5-6/h4,6H,1-3,5,9H2. The largest absolute Gasteiger partial charge is 0.444 e. The monoisotopic (exact) mass is 168 g/mol. The van der Waals surface area contributed by atoms with E-state index < -0.39 is 0 Å². The van der Waals surface area contributed by atoms with Crippen molar-refractivity contribution in [2.75, 3.05) is 13.2 Å². The van der Waals surface area contributed by atoms with Crippen LogP contribution in [0.2, 0.25) is 0 Å². The van der Waals surface area contributed by atoms with Crippen LogP contribution in [0.1, 0.15) is 24.0 Å². The zero-order chi connectivity index (χ0) is 8.39. The number of hydrogen-bond acceptors (Lipinski definition) is 4. The molecular formula is C8H12N2O2. The van der Waals surface area contributed by atoms with Gasteiger partial charge in [0.25, 0.3) is 0 Å². The molecule has 66 valence electrons. The zero-order valence-corrected chi connectivity index (χ0v) is 6.82. The Balaban J connectivity index is 2.11. The average molecular weight is 168 g/mol. The Bertz CT molecular complexity index is 253. The first-order valence-corrected chi connectivity index (χ1v) is 4.12. The summed E-state index contributed by atoms with van der Waals surface area (Å²) in [5.74, 6) is 1.86. The summed E-state index contributed by atoms with van der Waals surface area (Å²) in [5, 5.41) is 0. The van der Waals surface area contributed by atoms with Crippen molar-refractivity contribution < 1.29 is 9.15 Å². The van der Waals surface area contributed by atoms with Crippen molar-refractivity contribution in [3.8, 4) is 0 Å². The summed E-state index contributed by atoms with van der Waals surface area (Å²) in [6.45, 7) is 1.95. The van der Waals surface area contributed by atoms with Crippen molar-refractivity contribution >= 4 is 0 Å². The number of nitrogens with two attached hydrogens (primary N) is 1. The maximum Gasteiger partial charge on any atom is 0.199 e. The molecule has 1 atom stereocenters. The Morgan fingerprint density at radius 3 is 3.17 bits per heavy atom. The van der Waals surface area contributed by atoms with Crippen LogP contribution in [0.4, 0.5) is 0 Å². The molecular weight excluding hydrogens is 156 g/mol. The fourth-order valence-corrected chi connectivity index (χ4v) is 1.34. The minimum atomic E-state index is 0.338. The molecule has 1 aliphatic rings. The summed E-state index contributed by atoms with van der Waals surface area (Å²) < 4.78 is 10.6. The first-order chi connectivity index (χ1) is 5.90. The van der Waals surface area contributed by atoms with E-state index in [1.807, 2.05) is 0 Å². The summed E-state index contributed by atoms with van der Waals surface area (Å²) in [6, 6.07) is 0. The molecule has 1 aromatic heterocycles. The van der Waals surface area contributed by atoms with Gasteiger partial charge in [0.1, 0.15) is 5.76 Å². The highest BCUT2D eigenvalue weighted by atomic mass is 16.5. The van der Waals surface area contributed by atoms with Crippen LogP contribution in [0, 0.1) is 0 Å². The highest BCUT2D eigenvalue weighted by Gasteiger charge is 2.22. The van der Waals surface area contributed by atoms with Crippen molar-refractivity contribution in [2.24, 2.45) is 5.73 Å². The topological polar surface area (TPSA) is 61.3 Å². The molecule has 1 unspecified atom stereocenters. The van der Waals surface area contributed by atoms with E-state index in [0.29, 0.717) is 12.5 Å². The number of oxazole rings is 1. The van der Waals surface area contributed by atoms with Crippen LogP contribution in [0.25, 0.3) is 0 Å². The number of aromatic nitrogens is 1. The summed E-state index contributed by atoms with van der Waals surface area (Å²) in [6.07, 6.45) is 2.69. The molecule has 4 nitrogen and oxygen atoms in total. The van der Waals surface area contributed by atoms with Gasteiger partial charge in [-0.25, -0.2) is 4.98 Å². The van der Waals surface area contributed by atoms with Gasteiger partial charge < -0.3 is 14.9 Å². The van der Waals surface area contributed by atoms with Gasteiger partial charge in [0.15, 0.2) is 5.89 Å². The van der Waals surface area contributed by atoms with Gasteiger partial charge in [-0.15, -0.1) is 0 Å². The highest BCUT2D eigenvalue weighted by molar-refractivity contribution is 4.99. The summed E-state index contributed by atoms with van der Waals surface area (Å²) in [5.41, 5.74) is 5.40. The van der Waals surface area contributed by atoms with Crippen LogP contribution in [0.3, 0.4) is 0 Å². The van der Waals surface area contributed by atoms with E-state index in [0.717, 1.165) is 31.3 Å². The van der Waals surface area contributed by atoms with E-state index in [2.05, 4.69) is 4.98 Å². The number of rotatable bonds is 2. The van der Waals surface area contributed by atoms with Gasteiger partial charge in [-0.1, -0.05) is 0 Å². The van der Waals surface area contributed by atoms with E-state index in [-0.39, 0.29) is 0 Å². The molecule has 0 bridgehead atoms. The van der Waals surface area contributed by atoms with Crippen molar-refractivity contribution in [1.82, 2.24) is 4.98 Å². The Morgan fingerprint density at radius 2 is 2.58 bits per heavy atom. The maximum absolute atomic E-state index is 5.40. The van der Waals surface area contributed by atoms with Crippen molar-refractivity contribution in [2.45, 2.75) is 18.9 Å². The quantitative estimate of drug-likeness (QED) is 0.703. The van der Waals surface area contributed by atoms with Gasteiger partial charge in [0.2, 0.25) is 0 Å². The maximum atomic E-state index is 5.40. The molecule has 1 aromatic rings. The molecule has 2 N–H and O–H groups in total. The average Bonchev–Trinajstić information content (AvgIpc) is 2.75. The summed E-state index contributed by atoms with van der Waals surface area (Å²) >= 11 is 0. The predicted molar refractivity (Wildman–Crippen MR) is 42.6 cm³/mol. The van der Waals surface area contributed by atoms with E-state index in [1.165, 1.54) is 0 Å².